The van der Waals surface area contributed by atoms with Crippen LogP contribution >= 0.6 is 15.9 Å². The van der Waals surface area contributed by atoms with Gasteiger partial charge in [0.25, 0.3) is 5.91 Å². The SMILES string of the molecule is C=C(C)[C@@H](c1ccccc1)N(Cc1ccccc1)C(=O)c1ccccc1Br. The molecule has 0 aromatic heterocycles. The van der Waals surface area contributed by atoms with Crippen LogP contribution in [0, 0.1) is 0 Å². The van der Waals surface area contributed by atoms with Crippen LogP contribution in [0.2, 0.25) is 0 Å². The molecule has 0 saturated heterocycles. The molecule has 0 bridgehead atoms. The fraction of sp³-hybridized carbons (Fsp3) is 0.125. The monoisotopic (exact) mass is 419 g/mol. The molecule has 0 unspecified atom stereocenters. The zero-order valence-electron chi connectivity index (χ0n) is 15.3. The number of hydrogen-bond donors (Lipinski definition) is 0. The second-order valence-electron chi connectivity index (χ2n) is 6.56. The van der Waals surface area contributed by atoms with Crippen LogP contribution in [0.4, 0.5) is 0 Å². The van der Waals surface area contributed by atoms with Crippen molar-refractivity contribution in [2.75, 3.05) is 0 Å². The molecular formula is C24H22BrNO. The third-order valence-corrected chi connectivity index (χ3v) is 5.15. The minimum absolute atomic E-state index is 0.0248. The molecule has 3 heteroatoms. The quantitative estimate of drug-likeness (QED) is 0.422. The van der Waals surface area contributed by atoms with Gasteiger partial charge < -0.3 is 4.90 Å². The van der Waals surface area contributed by atoms with Gasteiger partial charge in [-0.1, -0.05) is 84.9 Å². The molecule has 0 aliphatic carbocycles. The van der Waals surface area contributed by atoms with Gasteiger partial charge in [0.15, 0.2) is 0 Å². The van der Waals surface area contributed by atoms with E-state index in [0.717, 1.165) is 21.2 Å². The standard InChI is InChI=1S/C24H22BrNO/c1-18(2)23(20-13-7-4-8-14-20)26(17-19-11-5-3-6-12-19)24(27)21-15-9-10-16-22(21)25/h3-16,23H,1,17H2,2H3/t23-/m0/s1. The lowest BCUT2D eigenvalue weighted by molar-refractivity contribution is 0.0687. The second-order valence-corrected chi connectivity index (χ2v) is 7.41. The molecule has 1 amide bonds. The third kappa shape index (κ3) is 4.55. The van der Waals surface area contributed by atoms with Crippen molar-refractivity contribution in [1.29, 1.82) is 0 Å². The highest BCUT2D eigenvalue weighted by Gasteiger charge is 2.28. The highest BCUT2D eigenvalue weighted by atomic mass is 79.9. The summed E-state index contributed by atoms with van der Waals surface area (Å²) in [5.41, 5.74) is 3.72. The van der Waals surface area contributed by atoms with Crippen molar-refractivity contribution in [3.05, 3.63) is 118 Å². The van der Waals surface area contributed by atoms with Crippen molar-refractivity contribution in [3.63, 3.8) is 0 Å². The molecule has 0 spiro atoms. The van der Waals surface area contributed by atoms with E-state index >= 15 is 0 Å². The van der Waals surface area contributed by atoms with E-state index in [1.54, 1.807) is 0 Å². The predicted molar refractivity (Wildman–Crippen MR) is 114 cm³/mol. The van der Waals surface area contributed by atoms with E-state index < -0.39 is 0 Å². The van der Waals surface area contributed by atoms with Crippen LogP contribution < -0.4 is 0 Å². The van der Waals surface area contributed by atoms with Crippen LogP contribution in [0.1, 0.15) is 34.5 Å². The molecule has 136 valence electrons. The number of amides is 1. The molecule has 27 heavy (non-hydrogen) atoms. The molecule has 3 aromatic rings. The Balaban J connectivity index is 2.07. The summed E-state index contributed by atoms with van der Waals surface area (Å²) in [4.78, 5) is 15.4. The van der Waals surface area contributed by atoms with Crippen molar-refractivity contribution in [1.82, 2.24) is 4.90 Å². The van der Waals surface area contributed by atoms with Gasteiger partial charge in [-0.3, -0.25) is 4.79 Å². The Morgan fingerprint density at radius 1 is 0.926 bits per heavy atom. The molecule has 0 fully saturated rings. The minimum Gasteiger partial charge on any atom is -0.323 e. The van der Waals surface area contributed by atoms with Gasteiger partial charge in [0, 0.05) is 11.0 Å². The highest BCUT2D eigenvalue weighted by Crippen LogP contribution is 2.31. The fourth-order valence-electron chi connectivity index (χ4n) is 3.22. The Hall–Kier alpha value is -2.65. The number of benzene rings is 3. The summed E-state index contributed by atoms with van der Waals surface area (Å²) in [5, 5.41) is 0. The molecule has 2 nitrogen and oxygen atoms in total. The Morgan fingerprint density at radius 3 is 2.07 bits per heavy atom. The lowest BCUT2D eigenvalue weighted by Crippen LogP contribution is -2.35. The smallest absolute Gasteiger partial charge is 0.256 e. The Kier molecular flexibility index (Phi) is 6.25. The van der Waals surface area contributed by atoms with E-state index in [2.05, 4.69) is 22.5 Å². The van der Waals surface area contributed by atoms with Crippen molar-refractivity contribution in [3.8, 4) is 0 Å². The fourth-order valence-corrected chi connectivity index (χ4v) is 3.67. The molecule has 0 heterocycles. The summed E-state index contributed by atoms with van der Waals surface area (Å²) >= 11 is 3.52. The largest absolute Gasteiger partial charge is 0.323 e. The van der Waals surface area contributed by atoms with Gasteiger partial charge in [0.1, 0.15) is 0 Å². The number of hydrogen-bond acceptors (Lipinski definition) is 1. The van der Waals surface area contributed by atoms with Crippen molar-refractivity contribution in [2.45, 2.75) is 19.5 Å². The Labute approximate surface area is 169 Å². The van der Waals surface area contributed by atoms with Gasteiger partial charge in [-0.2, -0.15) is 0 Å². The molecule has 0 radical (unpaired) electrons. The third-order valence-electron chi connectivity index (χ3n) is 4.45. The number of nitrogens with zero attached hydrogens (tertiary/aromatic N) is 1. The van der Waals surface area contributed by atoms with Gasteiger partial charge >= 0.3 is 0 Å². The van der Waals surface area contributed by atoms with E-state index in [4.69, 9.17) is 0 Å². The molecular weight excluding hydrogens is 398 g/mol. The van der Waals surface area contributed by atoms with Crippen molar-refractivity contribution < 1.29 is 4.79 Å². The lowest BCUT2D eigenvalue weighted by Gasteiger charge is -2.33. The first-order valence-corrected chi connectivity index (χ1v) is 9.67. The summed E-state index contributed by atoms with van der Waals surface area (Å²) in [6.45, 7) is 6.67. The van der Waals surface area contributed by atoms with E-state index in [0.29, 0.717) is 12.1 Å². The van der Waals surface area contributed by atoms with E-state index in [1.165, 1.54) is 0 Å². The van der Waals surface area contributed by atoms with Gasteiger partial charge in [0.05, 0.1) is 11.6 Å². The van der Waals surface area contributed by atoms with Crippen LogP contribution in [0.5, 0.6) is 0 Å². The van der Waals surface area contributed by atoms with Gasteiger partial charge in [-0.15, -0.1) is 0 Å². The lowest BCUT2D eigenvalue weighted by atomic mass is 9.97. The average molecular weight is 420 g/mol. The predicted octanol–water partition coefficient (Wildman–Crippen LogP) is 6.41. The second kappa shape index (κ2) is 8.83. The summed E-state index contributed by atoms with van der Waals surface area (Å²) in [7, 11) is 0. The van der Waals surface area contributed by atoms with Crippen LogP contribution in [0.3, 0.4) is 0 Å². The Morgan fingerprint density at radius 2 is 1.48 bits per heavy atom. The Bertz CT molecular complexity index is 921. The van der Waals surface area contributed by atoms with Crippen LogP contribution in [0.15, 0.2) is 102 Å². The molecule has 0 aliphatic rings. The number of rotatable bonds is 6. The highest BCUT2D eigenvalue weighted by molar-refractivity contribution is 9.10. The van der Waals surface area contributed by atoms with Crippen molar-refractivity contribution >= 4 is 21.8 Å². The van der Waals surface area contributed by atoms with Crippen molar-refractivity contribution in [2.24, 2.45) is 0 Å². The van der Waals surface area contributed by atoms with E-state index in [-0.39, 0.29) is 11.9 Å². The zero-order chi connectivity index (χ0) is 19.2. The van der Waals surface area contributed by atoms with Crippen LogP contribution in [0.25, 0.3) is 0 Å². The summed E-state index contributed by atoms with van der Waals surface area (Å²) in [6.07, 6.45) is 0. The number of halogens is 1. The molecule has 0 saturated carbocycles. The van der Waals surface area contributed by atoms with Crippen LogP contribution in [-0.4, -0.2) is 10.8 Å². The van der Waals surface area contributed by atoms with Crippen LogP contribution in [-0.2, 0) is 6.54 Å². The average Bonchev–Trinajstić information content (AvgIpc) is 2.69. The molecule has 0 N–H and O–H groups in total. The minimum atomic E-state index is -0.203. The normalized spacial score (nSPS) is 11.6. The summed E-state index contributed by atoms with van der Waals surface area (Å²) in [5.74, 6) is -0.0248. The first kappa shape index (κ1) is 19.1. The summed E-state index contributed by atoms with van der Waals surface area (Å²) < 4.78 is 0.793. The van der Waals surface area contributed by atoms with Gasteiger partial charge in [0.2, 0.25) is 0 Å². The van der Waals surface area contributed by atoms with Gasteiger partial charge in [-0.05, 0) is 46.1 Å². The topological polar surface area (TPSA) is 20.3 Å². The molecule has 3 aromatic carbocycles. The molecule has 0 aliphatic heterocycles. The first-order valence-electron chi connectivity index (χ1n) is 8.87. The number of carbonyl (C=O) groups is 1. The number of carbonyl (C=O) groups excluding carboxylic acids is 1. The summed E-state index contributed by atoms with van der Waals surface area (Å²) in [6, 6.07) is 27.5. The van der Waals surface area contributed by atoms with E-state index in [1.807, 2.05) is 96.8 Å². The maximum Gasteiger partial charge on any atom is 0.256 e. The molecule has 1 atom stereocenters. The van der Waals surface area contributed by atoms with Gasteiger partial charge in [-0.25, -0.2) is 0 Å². The first-order chi connectivity index (χ1) is 13.1. The van der Waals surface area contributed by atoms with E-state index in [9.17, 15) is 4.79 Å². The maximum absolute atomic E-state index is 13.5. The maximum atomic E-state index is 13.5. The molecule has 3 rings (SSSR count). The zero-order valence-corrected chi connectivity index (χ0v) is 16.9.